The maximum absolute atomic E-state index is 13.5. The van der Waals surface area contributed by atoms with E-state index in [4.69, 9.17) is 32.8 Å². The van der Waals surface area contributed by atoms with Gasteiger partial charge in [-0.25, -0.2) is 0 Å². The highest BCUT2D eigenvalue weighted by molar-refractivity contribution is 5.90. The van der Waals surface area contributed by atoms with Gasteiger partial charge in [0.2, 0.25) is 5.75 Å². The molecule has 0 fully saturated rings. The van der Waals surface area contributed by atoms with Gasteiger partial charge in [0, 0.05) is 30.7 Å². The lowest BCUT2D eigenvalue weighted by molar-refractivity contribution is 0.116. The van der Waals surface area contributed by atoms with Crippen molar-refractivity contribution in [1.82, 2.24) is 0 Å². The predicted octanol–water partition coefficient (Wildman–Crippen LogP) is 8.58. The first-order valence-corrected chi connectivity index (χ1v) is 16.2. The molecule has 0 aliphatic carbocycles. The monoisotopic (exact) mass is 642 g/mol. The summed E-state index contributed by atoms with van der Waals surface area (Å²) >= 11 is 0. The summed E-state index contributed by atoms with van der Waals surface area (Å²) in [4.78, 5) is 13.5. The zero-order valence-electron chi connectivity index (χ0n) is 28.2. The molecular weight excluding hydrogens is 596 g/mol. The van der Waals surface area contributed by atoms with E-state index in [0.29, 0.717) is 63.2 Å². The summed E-state index contributed by atoms with van der Waals surface area (Å²) in [5.41, 5.74) is 2.40. The smallest absolute Gasteiger partial charge is 0.203 e. The van der Waals surface area contributed by atoms with Crippen LogP contribution >= 0.6 is 0 Å². The highest BCUT2D eigenvalue weighted by Crippen LogP contribution is 2.42. The van der Waals surface area contributed by atoms with E-state index in [1.54, 1.807) is 25.3 Å². The van der Waals surface area contributed by atoms with E-state index in [2.05, 4.69) is 24.0 Å². The Labute approximate surface area is 277 Å². The maximum Gasteiger partial charge on any atom is 0.203 e. The first-order valence-electron chi connectivity index (χ1n) is 16.2. The first kappa shape index (κ1) is 35.2. The van der Waals surface area contributed by atoms with Crippen LogP contribution in [0.25, 0.3) is 22.3 Å². The molecule has 0 spiro atoms. The Kier molecular flexibility index (Phi) is 13.9. The van der Waals surface area contributed by atoms with Gasteiger partial charge in [0.15, 0.2) is 22.7 Å². The number of hydrogen-bond acceptors (Lipinski definition) is 8. The third-order valence-corrected chi connectivity index (χ3v) is 7.98. The van der Waals surface area contributed by atoms with Gasteiger partial charge in [-0.05, 0) is 30.5 Å². The van der Waals surface area contributed by atoms with Gasteiger partial charge < -0.3 is 32.8 Å². The van der Waals surface area contributed by atoms with Gasteiger partial charge in [-0.15, -0.1) is 0 Å². The molecule has 0 aliphatic rings. The molecule has 4 aromatic rings. The summed E-state index contributed by atoms with van der Waals surface area (Å²) in [7, 11) is 7.67. The highest BCUT2D eigenvalue weighted by Gasteiger charge is 2.21. The molecule has 0 aliphatic heterocycles. The molecule has 0 radical (unpaired) electrons. The fourth-order valence-corrected chi connectivity index (χ4v) is 5.51. The van der Waals surface area contributed by atoms with E-state index in [9.17, 15) is 4.79 Å². The molecule has 0 saturated carbocycles. The Morgan fingerprint density at radius 1 is 0.660 bits per heavy atom. The van der Waals surface area contributed by atoms with Crippen LogP contribution in [-0.2, 0) is 11.3 Å². The van der Waals surface area contributed by atoms with Crippen molar-refractivity contribution in [2.75, 3.05) is 42.2 Å². The maximum atomic E-state index is 13.5. The van der Waals surface area contributed by atoms with Crippen molar-refractivity contribution >= 4 is 11.0 Å². The van der Waals surface area contributed by atoms with E-state index >= 15 is 0 Å². The predicted molar refractivity (Wildman–Crippen MR) is 185 cm³/mol. The summed E-state index contributed by atoms with van der Waals surface area (Å²) in [5.74, 6) is 8.93. The fraction of sp³-hybridized carbons (Fsp3) is 0.410. The van der Waals surface area contributed by atoms with Crippen LogP contribution in [0.1, 0.15) is 68.9 Å². The lowest BCUT2D eigenvalue weighted by Gasteiger charge is -2.15. The number of rotatable bonds is 18. The molecule has 1 aromatic heterocycles. The minimum atomic E-state index is -0.266. The largest absolute Gasteiger partial charge is 0.495 e. The number of benzene rings is 3. The van der Waals surface area contributed by atoms with Crippen molar-refractivity contribution in [2.24, 2.45) is 0 Å². The molecule has 3 aromatic carbocycles. The minimum Gasteiger partial charge on any atom is -0.495 e. The quantitative estimate of drug-likeness (QED) is 0.0788. The van der Waals surface area contributed by atoms with E-state index < -0.39 is 0 Å². The topological polar surface area (TPSA) is 85.6 Å². The van der Waals surface area contributed by atoms with Crippen molar-refractivity contribution in [3.8, 4) is 51.9 Å². The van der Waals surface area contributed by atoms with Crippen LogP contribution < -0.4 is 29.1 Å². The number of hydrogen-bond donors (Lipinski definition) is 0. The molecule has 8 heteroatoms. The van der Waals surface area contributed by atoms with Gasteiger partial charge in [0.25, 0.3) is 0 Å². The Morgan fingerprint density at radius 3 is 1.89 bits per heavy atom. The molecule has 0 amide bonds. The van der Waals surface area contributed by atoms with Crippen molar-refractivity contribution in [2.45, 2.75) is 64.4 Å². The third kappa shape index (κ3) is 9.46. The molecule has 0 atom stereocenters. The van der Waals surface area contributed by atoms with Gasteiger partial charge >= 0.3 is 0 Å². The van der Waals surface area contributed by atoms with E-state index in [-0.39, 0.29) is 5.43 Å². The van der Waals surface area contributed by atoms with Crippen molar-refractivity contribution in [3.63, 3.8) is 0 Å². The average molecular weight is 643 g/mol. The second kappa shape index (κ2) is 18.5. The van der Waals surface area contributed by atoms with Crippen LogP contribution in [0.2, 0.25) is 0 Å². The van der Waals surface area contributed by atoms with Gasteiger partial charge in [0.1, 0.15) is 28.0 Å². The third-order valence-electron chi connectivity index (χ3n) is 7.98. The Balaban J connectivity index is 1.31. The fourth-order valence-electron chi connectivity index (χ4n) is 5.51. The summed E-state index contributed by atoms with van der Waals surface area (Å²) in [6.07, 6.45) is 10.1. The highest BCUT2D eigenvalue weighted by atomic mass is 16.5. The van der Waals surface area contributed by atoms with Gasteiger partial charge in [-0.3, -0.25) is 4.79 Å². The number of unbranched alkanes of at least 4 members (excludes halogenated alkanes) is 8. The SMILES string of the molecule is COc1cc2oc(-c3cc(OC)c(OC)c(OC)c3)cc(=O)c2c(OC)c1C#CCCCCCCCCCCOCc1ccccc1. The standard InChI is InChI=1S/C39H46O8/c1-41-33-26-34-37(31(40)25-32(47-34)29-23-35(42-2)39(45-5)36(24-29)43-3)38(44-4)30(33)21-17-12-10-8-6-7-9-11-13-18-22-46-27-28-19-15-14-16-20-28/h14-16,19-20,23-26H,6-13,18,22,27H2,1-5H3. The van der Waals surface area contributed by atoms with Crippen LogP contribution in [0.4, 0.5) is 0 Å². The molecular formula is C39H46O8. The second-order valence-corrected chi connectivity index (χ2v) is 11.2. The zero-order valence-corrected chi connectivity index (χ0v) is 28.2. The molecule has 8 nitrogen and oxygen atoms in total. The van der Waals surface area contributed by atoms with Gasteiger partial charge in [-0.1, -0.05) is 80.7 Å². The minimum absolute atomic E-state index is 0.266. The molecule has 0 saturated heterocycles. The molecule has 250 valence electrons. The summed E-state index contributed by atoms with van der Waals surface area (Å²) < 4.78 is 39.7. The lowest BCUT2D eigenvalue weighted by atomic mass is 10.0. The molecule has 0 unspecified atom stereocenters. The number of fused-ring (bicyclic) bond motifs is 1. The van der Waals surface area contributed by atoms with Crippen LogP contribution in [-0.4, -0.2) is 42.2 Å². The van der Waals surface area contributed by atoms with Crippen LogP contribution in [0.3, 0.4) is 0 Å². The number of ether oxygens (including phenoxy) is 6. The Morgan fingerprint density at radius 2 is 1.28 bits per heavy atom. The molecule has 0 N–H and O–H groups in total. The first-order chi connectivity index (χ1) is 23.0. The Hall–Kier alpha value is -4.61. The Bertz CT molecular complexity index is 1670. The second-order valence-electron chi connectivity index (χ2n) is 11.2. The van der Waals surface area contributed by atoms with Crippen molar-refractivity contribution in [1.29, 1.82) is 0 Å². The summed E-state index contributed by atoms with van der Waals surface area (Å²) in [6, 6.07) is 16.9. The summed E-state index contributed by atoms with van der Waals surface area (Å²) in [6.45, 7) is 1.51. The van der Waals surface area contributed by atoms with E-state index in [0.717, 1.165) is 32.3 Å². The van der Waals surface area contributed by atoms with Crippen molar-refractivity contribution in [3.05, 3.63) is 75.9 Å². The van der Waals surface area contributed by atoms with Gasteiger partial charge in [0.05, 0.1) is 42.2 Å². The molecule has 0 bridgehead atoms. The lowest BCUT2D eigenvalue weighted by Crippen LogP contribution is -2.05. The normalized spacial score (nSPS) is 10.7. The van der Waals surface area contributed by atoms with Crippen LogP contribution in [0.15, 0.2) is 63.8 Å². The van der Waals surface area contributed by atoms with Crippen LogP contribution in [0, 0.1) is 11.8 Å². The summed E-state index contributed by atoms with van der Waals surface area (Å²) in [5, 5.41) is 0.302. The van der Waals surface area contributed by atoms with Crippen molar-refractivity contribution < 1.29 is 32.8 Å². The van der Waals surface area contributed by atoms with E-state index in [1.165, 1.54) is 72.2 Å². The average Bonchev–Trinajstić information content (AvgIpc) is 3.10. The van der Waals surface area contributed by atoms with Gasteiger partial charge in [-0.2, -0.15) is 0 Å². The molecule has 1 heterocycles. The zero-order chi connectivity index (χ0) is 33.4. The molecule has 4 rings (SSSR count). The van der Waals surface area contributed by atoms with E-state index in [1.807, 2.05) is 18.2 Å². The number of methoxy groups -OCH3 is 5. The molecule has 47 heavy (non-hydrogen) atoms. The van der Waals surface area contributed by atoms with Crippen LogP contribution in [0.5, 0.6) is 28.7 Å².